The van der Waals surface area contributed by atoms with Gasteiger partial charge in [-0.3, -0.25) is 0 Å². The van der Waals surface area contributed by atoms with Crippen molar-refractivity contribution in [2.75, 3.05) is 20.2 Å². The van der Waals surface area contributed by atoms with Crippen molar-refractivity contribution < 1.29 is 4.74 Å². The first-order valence-corrected chi connectivity index (χ1v) is 5.77. The molecule has 0 radical (unpaired) electrons. The molecule has 2 nitrogen and oxygen atoms in total. The van der Waals surface area contributed by atoms with Gasteiger partial charge in [-0.05, 0) is 47.6 Å². The molecule has 0 N–H and O–H groups in total. The van der Waals surface area contributed by atoms with Crippen molar-refractivity contribution in [2.24, 2.45) is 5.41 Å². The van der Waals surface area contributed by atoms with Crippen molar-refractivity contribution in [1.82, 2.24) is 4.90 Å². The molecule has 2 heteroatoms. The maximum Gasteiger partial charge on any atom is 0.0538 e. The van der Waals surface area contributed by atoms with Gasteiger partial charge in [0.1, 0.15) is 0 Å². The van der Waals surface area contributed by atoms with Crippen LogP contribution in [0, 0.1) is 5.41 Å². The van der Waals surface area contributed by atoms with Crippen LogP contribution in [0.1, 0.15) is 40.5 Å². The van der Waals surface area contributed by atoms with E-state index in [1.165, 1.54) is 19.4 Å². The third-order valence-electron chi connectivity index (χ3n) is 3.15. The van der Waals surface area contributed by atoms with Crippen LogP contribution in [0.4, 0.5) is 0 Å². The van der Waals surface area contributed by atoms with Gasteiger partial charge < -0.3 is 9.64 Å². The Bertz CT molecular complexity index is 173. The van der Waals surface area contributed by atoms with Gasteiger partial charge in [0.2, 0.25) is 0 Å². The van der Waals surface area contributed by atoms with Gasteiger partial charge in [0.15, 0.2) is 0 Å². The molecule has 0 aromatic heterocycles. The van der Waals surface area contributed by atoms with Gasteiger partial charge in [0, 0.05) is 18.0 Å². The highest BCUT2D eigenvalue weighted by Crippen LogP contribution is 2.46. The summed E-state index contributed by atoms with van der Waals surface area (Å²) in [4.78, 5) is 2.43. The summed E-state index contributed by atoms with van der Waals surface area (Å²) in [7, 11) is 2.21. The van der Waals surface area contributed by atoms with Gasteiger partial charge in [-0.2, -0.15) is 0 Å². The maximum atomic E-state index is 5.72. The van der Waals surface area contributed by atoms with Gasteiger partial charge in [0.25, 0.3) is 0 Å². The number of hydrogen-bond acceptors (Lipinski definition) is 2. The number of rotatable bonds is 6. The molecule has 0 heterocycles. The average molecular weight is 199 g/mol. The van der Waals surface area contributed by atoms with Crippen LogP contribution in [-0.2, 0) is 4.74 Å². The summed E-state index contributed by atoms with van der Waals surface area (Å²) in [6.45, 7) is 10.9. The van der Waals surface area contributed by atoms with E-state index >= 15 is 0 Å². The lowest BCUT2D eigenvalue weighted by atomic mass is 10.1. The minimum Gasteiger partial charge on any atom is -0.378 e. The highest BCUT2D eigenvalue weighted by molar-refractivity contribution is 4.95. The Morgan fingerprint density at radius 2 is 1.79 bits per heavy atom. The molecule has 1 aliphatic rings. The van der Waals surface area contributed by atoms with Crippen LogP contribution in [0.5, 0.6) is 0 Å². The number of ether oxygens (including phenoxy) is 1. The van der Waals surface area contributed by atoms with Crippen LogP contribution in [-0.4, -0.2) is 37.2 Å². The Labute approximate surface area is 88.6 Å². The lowest BCUT2D eigenvalue weighted by molar-refractivity contribution is 0.0308. The molecular formula is C12H25NO. The molecule has 0 aromatic rings. The number of hydrogen-bond donors (Lipinski definition) is 0. The highest BCUT2D eigenvalue weighted by atomic mass is 16.5. The van der Waals surface area contributed by atoms with Crippen molar-refractivity contribution in [3.05, 3.63) is 0 Å². The summed E-state index contributed by atoms with van der Waals surface area (Å²) in [5.41, 5.74) is 0.489. The fourth-order valence-electron chi connectivity index (χ4n) is 1.58. The van der Waals surface area contributed by atoms with E-state index in [0.29, 0.717) is 17.6 Å². The molecule has 1 saturated carbocycles. The molecule has 0 aromatic carbocycles. The molecule has 0 unspecified atom stereocenters. The Balaban J connectivity index is 2.28. The number of nitrogens with zero attached hydrogens (tertiary/aromatic N) is 1. The second kappa shape index (κ2) is 4.63. The summed E-state index contributed by atoms with van der Waals surface area (Å²) >= 11 is 0. The van der Waals surface area contributed by atoms with Crippen LogP contribution < -0.4 is 0 Å². The molecule has 0 aliphatic heterocycles. The van der Waals surface area contributed by atoms with Crippen LogP contribution in [0.15, 0.2) is 0 Å². The molecule has 0 bridgehead atoms. The van der Waals surface area contributed by atoms with E-state index in [4.69, 9.17) is 4.74 Å². The van der Waals surface area contributed by atoms with E-state index in [-0.39, 0.29) is 0 Å². The molecular weight excluding hydrogens is 174 g/mol. The zero-order chi connectivity index (χ0) is 10.8. The second-order valence-corrected chi connectivity index (χ2v) is 5.37. The van der Waals surface area contributed by atoms with Crippen LogP contribution in [0.2, 0.25) is 0 Å². The monoisotopic (exact) mass is 199 g/mol. The lowest BCUT2D eigenvalue weighted by Gasteiger charge is -2.27. The summed E-state index contributed by atoms with van der Waals surface area (Å²) in [6.07, 6.45) is 3.06. The van der Waals surface area contributed by atoms with Crippen molar-refractivity contribution in [2.45, 2.75) is 52.7 Å². The largest absolute Gasteiger partial charge is 0.378 e. The normalized spacial score (nSPS) is 19.7. The Kier molecular flexibility index (Phi) is 3.96. The van der Waals surface area contributed by atoms with Gasteiger partial charge in [-0.25, -0.2) is 0 Å². The molecule has 0 atom stereocenters. The third kappa shape index (κ3) is 3.58. The molecule has 0 saturated heterocycles. The average Bonchev–Trinajstić information content (AvgIpc) is 2.82. The zero-order valence-electron chi connectivity index (χ0n) is 10.3. The fourth-order valence-corrected chi connectivity index (χ4v) is 1.58. The van der Waals surface area contributed by atoms with Crippen LogP contribution in [0.25, 0.3) is 0 Å². The standard InChI is InChI=1S/C12H25NO/c1-10(2)13(5)8-12(6-7-12)9-14-11(3)4/h10-11H,6-9H2,1-5H3. The van der Waals surface area contributed by atoms with Crippen molar-refractivity contribution >= 4 is 0 Å². The van der Waals surface area contributed by atoms with E-state index in [1.54, 1.807) is 0 Å². The fraction of sp³-hybridized carbons (Fsp3) is 1.00. The molecule has 14 heavy (non-hydrogen) atoms. The Morgan fingerprint density at radius 3 is 2.14 bits per heavy atom. The van der Waals surface area contributed by atoms with Crippen molar-refractivity contribution in [3.63, 3.8) is 0 Å². The molecule has 1 fully saturated rings. The Morgan fingerprint density at radius 1 is 1.21 bits per heavy atom. The summed E-state index contributed by atoms with van der Waals surface area (Å²) in [6, 6.07) is 0.645. The van der Waals surface area contributed by atoms with Gasteiger partial charge >= 0.3 is 0 Å². The first-order chi connectivity index (χ1) is 6.45. The predicted molar refractivity (Wildman–Crippen MR) is 60.5 cm³/mol. The predicted octanol–water partition coefficient (Wildman–Crippen LogP) is 2.53. The van der Waals surface area contributed by atoms with Gasteiger partial charge in [-0.1, -0.05) is 0 Å². The van der Waals surface area contributed by atoms with E-state index in [1.807, 2.05) is 0 Å². The first kappa shape index (κ1) is 12.0. The summed E-state index contributed by atoms with van der Waals surface area (Å²) < 4.78 is 5.72. The van der Waals surface area contributed by atoms with Crippen molar-refractivity contribution in [1.29, 1.82) is 0 Å². The minimum absolute atomic E-state index is 0.372. The third-order valence-corrected chi connectivity index (χ3v) is 3.15. The topological polar surface area (TPSA) is 12.5 Å². The van der Waals surface area contributed by atoms with E-state index in [0.717, 1.165) is 6.61 Å². The zero-order valence-corrected chi connectivity index (χ0v) is 10.3. The second-order valence-electron chi connectivity index (χ2n) is 5.37. The minimum atomic E-state index is 0.372. The highest BCUT2D eigenvalue weighted by Gasteiger charge is 2.43. The van der Waals surface area contributed by atoms with Gasteiger partial charge in [0.05, 0.1) is 12.7 Å². The Hall–Kier alpha value is -0.0800. The molecule has 0 spiro atoms. The molecule has 0 amide bonds. The summed E-state index contributed by atoms with van der Waals surface area (Å²) in [5.74, 6) is 0. The maximum absolute atomic E-state index is 5.72. The van der Waals surface area contributed by atoms with E-state index in [9.17, 15) is 0 Å². The van der Waals surface area contributed by atoms with Gasteiger partial charge in [-0.15, -0.1) is 0 Å². The first-order valence-electron chi connectivity index (χ1n) is 5.77. The van der Waals surface area contributed by atoms with E-state index in [2.05, 4.69) is 39.6 Å². The molecule has 1 aliphatic carbocycles. The lowest BCUT2D eigenvalue weighted by Crippen LogP contribution is -2.34. The smallest absolute Gasteiger partial charge is 0.0538 e. The van der Waals surface area contributed by atoms with Crippen LogP contribution >= 0.6 is 0 Å². The molecule has 1 rings (SSSR count). The van der Waals surface area contributed by atoms with Crippen molar-refractivity contribution in [3.8, 4) is 0 Å². The quantitative estimate of drug-likeness (QED) is 0.652. The van der Waals surface area contributed by atoms with Crippen LogP contribution in [0.3, 0.4) is 0 Å². The van der Waals surface area contributed by atoms with E-state index < -0.39 is 0 Å². The summed E-state index contributed by atoms with van der Waals surface area (Å²) in [5, 5.41) is 0. The SMILES string of the molecule is CC(C)OCC1(CN(C)C(C)C)CC1. The molecule has 84 valence electrons.